The molecule has 5 nitrogen and oxygen atoms in total. The largest absolute Gasteiger partial charge is 0.469 e. The van der Waals surface area contributed by atoms with E-state index in [1.54, 1.807) is 5.51 Å². The number of ether oxygens (including phenoxy) is 2. The molecule has 1 aromatic rings. The van der Waals surface area contributed by atoms with E-state index in [4.69, 9.17) is 9.47 Å². The minimum Gasteiger partial charge on any atom is -0.469 e. The first-order valence-electron chi connectivity index (χ1n) is 5.24. The van der Waals surface area contributed by atoms with E-state index in [0.29, 0.717) is 12.8 Å². The molecule has 2 rings (SSSR count). The van der Waals surface area contributed by atoms with Crippen LogP contribution in [-0.2, 0) is 31.9 Å². The maximum Gasteiger partial charge on any atom is 0.309 e. The van der Waals surface area contributed by atoms with Crippen LogP contribution >= 0.6 is 11.3 Å². The third kappa shape index (κ3) is 2.17. The van der Waals surface area contributed by atoms with Crippen LogP contribution in [0.5, 0.6) is 0 Å². The van der Waals surface area contributed by atoms with Crippen molar-refractivity contribution >= 4 is 23.3 Å². The topological polar surface area (TPSA) is 65.5 Å². The third-order valence-electron chi connectivity index (χ3n) is 3.04. The fourth-order valence-corrected chi connectivity index (χ4v) is 2.97. The van der Waals surface area contributed by atoms with Crippen molar-refractivity contribution in [2.45, 2.75) is 12.8 Å². The van der Waals surface area contributed by atoms with Gasteiger partial charge in [-0.05, 0) is 6.42 Å². The first kappa shape index (κ1) is 12.0. The number of rotatable bonds is 2. The molecule has 1 heterocycles. The standard InChI is InChI=1S/C11H13NO4S/c1-15-10(13)6-3-8-9(17-5-12-8)4-7(6)11(14)16-2/h5-7H,3-4H2,1-2H3/t6-,7-/m1/s1. The van der Waals surface area contributed by atoms with Crippen molar-refractivity contribution in [2.24, 2.45) is 11.8 Å². The molecule has 1 aromatic heterocycles. The van der Waals surface area contributed by atoms with Gasteiger partial charge in [0.2, 0.25) is 0 Å². The van der Waals surface area contributed by atoms with Crippen LogP contribution < -0.4 is 0 Å². The van der Waals surface area contributed by atoms with E-state index in [9.17, 15) is 9.59 Å². The van der Waals surface area contributed by atoms with E-state index in [1.807, 2.05) is 0 Å². The lowest BCUT2D eigenvalue weighted by atomic mass is 9.80. The van der Waals surface area contributed by atoms with Crippen LogP contribution in [0, 0.1) is 11.8 Å². The molecule has 0 bridgehead atoms. The molecule has 0 saturated heterocycles. The van der Waals surface area contributed by atoms with Gasteiger partial charge >= 0.3 is 11.9 Å². The molecule has 0 fully saturated rings. The molecule has 2 atom stereocenters. The quantitative estimate of drug-likeness (QED) is 0.732. The second-order valence-corrected chi connectivity index (χ2v) is 4.83. The second kappa shape index (κ2) is 4.83. The maximum atomic E-state index is 11.7. The van der Waals surface area contributed by atoms with Crippen LogP contribution in [0.2, 0.25) is 0 Å². The number of carbonyl (C=O) groups is 2. The molecule has 0 spiro atoms. The van der Waals surface area contributed by atoms with Crippen LogP contribution in [0.1, 0.15) is 10.6 Å². The maximum absolute atomic E-state index is 11.7. The van der Waals surface area contributed by atoms with E-state index in [2.05, 4.69) is 4.98 Å². The van der Waals surface area contributed by atoms with E-state index in [-0.39, 0.29) is 11.9 Å². The molecule has 1 aliphatic carbocycles. The smallest absolute Gasteiger partial charge is 0.309 e. The van der Waals surface area contributed by atoms with E-state index >= 15 is 0 Å². The molecule has 0 N–H and O–H groups in total. The fraction of sp³-hybridized carbons (Fsp3) is 0.545. The number of fused-ring (bicyclic) bond motifs is 1. The number of esters is 2. The minimum absolute atomic E-state index is 0.362. The number of nitrogens with zero attached hydrogens (tertiary/aromatic N) is 1. The number of carbonyl (C=O) groups excluding carboxylic acids is 2. The lowest BCUT2D eigenvalue weighted by molar-refractivity contribution is -0.158. The summed E-state index contributed by atoms with van der Waals surface area (Å²) in [5.41, 5.74) is 2.63. The lowest BCUT2D eigenvalue weighted by Crippen LogP contribution is -2.37. The minimum atomic E-state index is -0.484. The highest BCUT2D eigenvalue weighted by Gasteiger charge is 2.40. The van der Waals surface area contributed by atoms with Gasteiger partial charge < -0.3 is 9.47 Å². The molecule has 0 amide bonds. The summed E-state index contributed by atoms with van der Waals surface area (Å²) in [7, 11) is 2.66. The van der Waals surface area contributed by atoms with Crippen molar-refractivity contribution in [3.63, 3.8) is 0 Å². The van der Waals surface area contributed by atoms with Crippen molar-refractivity contribution in [2.75, 3.05) is 14.2 Å². The Bertz CT molecular complexity index is 404. The summed E-state index contributed by atoms with van der Waals surface area (Å²) in [6.45, 7) is 0. The van der Waals surface area contributed by atoms with Crippen LogP contribution in [0.4, 0.5) is 0 Å². The molecule has 0 aromatic carbocycles. The predicted molar refractivity (Wildman–Crippen MR) is 60.5 cm³/mol. The second-order valence-electron chi connectivity index (χ2n) is 3.89. The average molecular weight is 255 g/mol. The van der Waals surface area contributed by atoms with Gasteiger partial charge in [0.15, 0.2) is 0 Å². The highest BCUT2D eigenvalue weighted by atomic mass is 32.1. The number of thiazole rings is 1. The molecule has 92 valence electrons. The molecule has 0 aliphatic heterocycles. The molecule has 17 heavy (non-hydrogen) atoms. The molecule has 0 saturated carbocycles. The van der Waals surface area contributed by atoms with Crippen molar-refractivity contribution in [1.82, 2.24) is 4.98 Å². The summed E-state index contributed by atoms with van der Waals surface area (Å²) in [6, 6.07) is 0. The molecular formula is C11H13NO4S. The Morgan fingerprint density at radius 3 is 2.41 bits per heavy atom. The van der Waals surface area contributed by atoms with Crippen LogP contribution in [0.3, 0.4) is 0 Å². The van der Waals surface area contributed by atoms with Crippen molar-refractivity contribution in [3.05, 3.63) is 16.1 Å². The van der Waals surface area contributed by atoms with Crippen LogP contribution in [-0.4, -0.2) is 31.1 Å². The fourth-order valence-electron chi connectivity index (χ4n) is 2.12. The van der Waals surface area contributed by atoms with Gasteiger partial charge in [0.25, 0.3) is 0 Å². The number of aromatic nitrogens is 1. The van der Waals surface area contributed by atoms with E-state index < -0.39 is 11.8 Å². The summed E-state index contributed by atoms with van der Waals surface area (Å²) >= 11 is 1.51. The average Bonchev–Trinajstić information content (AvgIpc) is 2.82. The third-order valence-corrected chi connectivity index (χ3v) is 3.94. The first-order valence-corrected chi connectivity index (χ1v) is 6.12. The number of hydrogen-bond acceptors (Lipinski definition) is 6. The Labute approximate surface area is 103 Å². The van der Waals surface area contributed by atoms with Gasteiger partial charge in [-0.3, -0.25) is 9.59 Å². The van der Waals surface area contributed by atoms with Gasteiger partial charge in [0.1, 0.15) is 0 Å². The molecule has 6 heteroatoms. The summed E-state index contributed by atoms with van der Waals surface area (Å²) in [5, 5.41) is 0. The SMILES string of the molecule is COC(=O)[C@@H]1Cc2ncsc2C[C@H]1C(=O)OC. The summed E-state index contributed by atoms with van der Waals surface area (Å²) in [5.74, 6) is -1.68. The molecule has 1 aliphatic rings. The summed E-state index contributed by atoms with van der Waals surface area (Å²) < 4.78 is 9.48. The normalized spacial score (nSPS) is 22.7. The van der Waals surface area contributed by atoms with Gasteiger partial charge in [-0.15, -0.1) is 11.3 Å². The van der Waals surface area contributed by atoms with E-state index in [0.717, 1.165) is 10.6 Å². The molecule has 0 unspecified atom stereocenters. The van der Waals surface area contributed by atoms with Gasteiger partial charge in [0.05, 0.1) is 37.3 Å². The van der Waals surface area contributed by atoms with Gasteiger partial charge in [-0.1, -0.05) is 0 Å². The molecule has 0 radical (unpaired) electrons. The summed E-state index contributed by atoms with van der Waals surface area (Å²) in [6.07, 6.45) is 0.956. The zero-order chi connectivity index (χ0) is 12.4. The predicted octanol–water partition coefficient (Wildman–Crippen LogP) is 0.820. The molecular weight excluding hydrogens is 242 g/mol. The number of hydrogen-bond donors (Lipinski definition) is 0. The Morgan fingerprint density at radius 1 is 1.24 bits per heavy atom. The zero-order valence-corrected chi connectivity index (χ0v) is 10.5. The van der Waals surface area contributed by atoms with Gasteiger partial charge in [-0.2, -0.15) is 0 Å². The first-order chi connectivity index (χ1) is 8.17. The van der Waals surface area contributed by atoms with Crippen molar-refractivity contribution in [1.29, 1.82) is 0 Å². The number of methoxy groups -OCH3 is 2. The highest BCUT2D eigenvalue weighted by molar-refractivity contribution is 7.09. The van der Waals surface area contributed by atoms with E-state index in [1.165, 1.54) is 25.6 Å². The Kier molecular flexibility index (Phi) is 3.42. The van der Waals surface area contributed by atoms with Gasteiger partial charge in [-0.25, -0.2) is 4.98 Å². The highest BCUT2D eigenvalue weighted by Crippen LogP contribution is 2.33. The Hall–Kier alpha value is -1.43. The van der Waals surface area contributed by atoms with Crippen molar-refractivity contribution < 1.29 is 19.1 Å². The Morgan fingerprint density at radius 2 is 1.82 bits per heavy atom. The lowest BCUT2D eigenvalue weighted by Gasteiger charge is -2.26. The van der Waals surface area contributed by atoms with Crippen LogP contribution in [0.25, 0.3) is 0 Å². The monoisotopic (exact) mass is 255 g/mol. The summed E-state index contributed by atoms with van der Waals surface area (Å²) in [4.78, 5) is 28.6. The van der Waals surface area contributed by atoms with Crippen LogP contribution in [0.15, 0.2) is 5.51 Å². The van der Waals surface area contributed by atoms with Crippen molar-refractivity contribution in [3.8, 4) is 0 Å². The zero-order valence-electron chi connectivity index (χ0n) is 9.63. The van der Waals surface area contributed by atoms with Gasteiger partial charge in [0, 0.05) is 11.3 Å². The Balaban J connectivity index is 2.29.